The number of alkyl halides is 3. The highest BCUT2D eigenvalue weighted by atomic mass is 127. The predicted molar refractivity (Wildman–Crippen MR) is 49.9 cm³/mol. The van der Waals surface area contributed by atoms with E-state index in [0.29, 0.717) is 0 Å². The average molecular weight is 336 g/mol. The molecule has 0 radical (unpaired) electrons. The number of aromatic nitrogens is 2. The van der Waals surface area contributed by atoms with E-state index >= 15 is 0 Å². The summed E-state index contributed by atoms with van der Waals surface area (Å²) in [4.78, 5) is 17.2. The fourth-order valence-electron chi connectivity index (χ4n) is 0.720. The predicted octanol–water partition coefficient (Wildman–Crippen LogP) is 2.48. The Bertz CT molecular complexity index is 382. The van der Waals surface area contributed by atoms with Gasteiger partial charge in [-0.3, -0.25) is 4.79 Å². The zero-order valence-electron chi connectivity index (χ0n) is 6.27. The molecule has 3 nitrogen and oxygen atoms in total. The van der Waals surface area contributed by atoms with Gasteiger partial charge < -0.3 is 0 Å². The summed E-state index contributed by atoms with van der Waals surface area (Å²) >= 11 is 6.45. The molecular weight excluding hydrogens is 335 g/mol. The molecule has 0 unspecified atom stereocenters. The highest BCUT2D eigenvalue weighted by molar-refractivity contribution is 14.1. The van der Waals surface area contributed by atoms with Crippen molar-refractivity contribution in [2.45, 2.75) is 6.18 Å². The van der Waals surface area contributed by atoms with Gasteiger partial charge in [0.2, 0.25) is 0 Å². The molecule has 1 heterocycles. The van der Waals surface area contributed by atoms with Crippen molar-refractivity contribution in [1.82, 2.24) is 9.97 Å². The summed E-state index contributed by atoms with van der Waals surface area (Å²) in [7, 11) is 0. The zero-order chi connectivity index (χ0) is 10.9. The maximum absolute atomic E-state index is 12.3. The maximum Gasteiger partial charge on any atom is 0.434 e. The van der Waals surface area contributed by atoms with Crippen LogP contribution >= 0.6 is 34.2 Å². The first kappa shape index (κ1) is 11.6. The van der Waals surface area contributed by atoms with E-state index in [2.05, 4.69) is 9.97 Å². The number of rotatable bonds is 1. The monoisotopic (exact) mass is 336 g/mol. The molecule has 0 aliphatic rings. The summed E-state index contributed by atoms with van der Waals surface area (Å²) in [5.41, 5.74) is -2.04. The number of nitrogens with zero attached hydrogens (tertiary/aromatic N) is 2. The Balaban J connectivity index is 3.38. The van der Waals surface area contributed by atoms with E-state index in [1.54, 1.807) is 0 Å². The van der Waals surface area contributed by atoms with Crippen molar-refractivity contribution in [2.75, 3.05) is 0 Å². The molecule has 1 rings (SSSR count). The van der Waals surface area contributed by atoms with Gasteiger partial charge >= 0.3 is 6.18 Å². The molecule has 1 aromatic heterocycles. The van der Waals surface area contributed by atoms with Crippen molar-refractivity contribution in [1.29, 1.82) is 0 Å². The Morgan fingerprint density at radius 2 is 2.07 bits per heavy atom. The zero-order valence-corrected chi connectivity index (χ0v) is 9.18. The standard InChI is InChI=1S/C6HClF3IN2O/c7-4(14)2-1-12-5(11)13-3(2)6(8,9)10/h1H. The Hall–Kier alpha value is -0.440. The molecule has 0 atom stereocenters. The minimum absolute atomic E-state index is 0.100. The number of hydrogen-bond acceptors (Lipinski definition) is 3. The minimum atomic E-state index is -4.71. The lowest BCUT2D eigenvalue weighted by Crippen LogP contribution is -2.15. The van der Waals surface area contributed by atoms with Gasteiger partial charge in [-0.1, -0.05) is 0 Å². The van der Waals surface area contributed by atoms with Crippen LogP contribution in [-0.4, -0.2) is 15.2 Å². The summed E-state index contributed by atoms with van der Waals surface area (Å²) in [6, 6.07) is 0. The van der Waals surface area contributed by atoms with Gasteiger partial charge in [0.05, 0.1) is 5.56 Å². The minimum Gasteiger partial charge on any atom is -0.275 e. The normalized spacial score (nSPS) is 11.5. The van der Waals surface area contributed by atoms with Gasteiger partial charge in [-0.05, 0) is 11.6 Å². The topological polar surface area (TPSA) is 42.9 Å². The molecule has 0 fully saturated rings. The van der Waals surface area contributed by atoms with Gasteiger partial charge in [0, 0.05) is 28.8 Å². The Kier molecular flexibility index (Phi) is 3.30. The second kappa shape index (κ2) is 3.97. The molecule has 1 aromatic rings. The molecule has 0 aromatic carbocycles. The summed E-state index contributed by atoms with van der Waals surface area (Å²) in [5, 5.41) is -1.23. The molecule has 14 heavy (non-hydrogen) atoms. The Morgan fingerprint density at radius 3 is 2.50 bits per heavy atom. The van der Waals surface area contributed by atoms with E-state index in [1.165, 1.54) is 22.6 Å². The molecule has 76 valence electrons. The Labute approximate surface area is 94.8 Å². The van der Waals surface area contributed by atoms with Crippen LogP contribution in [0.3, 0.4) is 0 Å². The van der Waals surface area contributed by atoms with E-state index in [1.807, 2.05) is 0 Å². The molecule has 0 aliphatic carbocycles. The number of carbonyl (C=O) groups is 1. The lowest BCUT2D eigenvalue weighted by Gasteiger charge is -2.08. The smallest absolute Gasteiger partial charge is 0.275 e. The van der Waals surface area contributed by atoms with Crippen LogP contribution in [0.5, 0.6) is 0 Å². The second-order valence-corrected chi connectivity index (χ2v) is 3.48. The third-order valence-corrected chi connectivity index (χ3v) is 1.96. The van der Waals surface area contributed by atoms with Crippen LogP contribution < -0.4 is 0 Å². The van der Waals surface area contributed by atoms with E-state index < -0.39 is 22.7 Å². The number of halogens is 5. The fraction of sp³-hybridized carbons (Fsp3) is 0.167. The van der Waals surface area contributed by atoms with Crippen molar-refractivity contribution in [3.8, 4) is 0 Å². The lowest BCUT2D eigenvalue weighted by molar-refractivity contribution is -0.141. The molecule has 0 spiro atoms. The van der Waals surface area contributed by atoms with Crippen molar-refractivity contribution in [3.63, 3.8) is 0 Å². The van der Waals surface area contributed by atoms with Gasteiger partial charge in [0.1, 0.15) is 0 Å². The van der Waals surface area contributed by atoms with Crippen LogP contribution in [0.4, 0.5) is 13.2 Å². The number of carbonyl (C=O) groups excluding carboxylic acids is 1. The van der Waals surface area contributed by atoms with E-state index in [-0.39, 0.29) is 3.83 Å². The summed E-state index contributed by atoms with van der Waals surface area (Å²) in [6.07, 6.45) is -3.95. The molecule has 0 amide bonds. The summed E-state index contributed by atoms with van der Waals surface area (Å²) in [6.45, 7) is 0. The van der Waals surface area contributed by atoms with Crippen molar-refractivity contribution < 1.29 is 18.0 Å². The van der Waals surface area contributed by atoms with Crippen LogP contribution in [0.2, 0.25) is 0 Å². The molecule has 0 bridgehead atoms. The lowest BCUT2D eigenvalue weighted by atomic mass is 10.2. The quantitative estimate of drug-likeness (QED) is 0.449. The van der Waals surface area contributed by atoms with Crippen LogP contribution in [0.15, 0.2) is 6.20 Å². The highest BCUT2D eigenvalue weighted by Crippen LogP contribution is 2.30. The van der Waals surface area contributed by atoms with Gasteiger partial charge in [-0.15, -0.1) is 0 Å². The van der Waals surface area contributed by atoms with Crippen molar-refractivity contribution in [2.24, 2.45) is 0 Å². The highest BCUT2D eigenvalue weighted by Gasteiger charge is 2.37. The van der Waals surface area contributed by atoms with Gasteiger partial charge in [0.25, 0.3) is 5.24 Å². The maximum atomic E-state index is 12.3. The molecule has 0 aliphatic heterocycles. The third kappa shape index (κ3) is 2.53. The first-order chi connectivity index (χ1) is 6.32. The Morgan fingerprint density at radius 1 is 1.50 bits per heavy atom. The average Bonchev–Trinajstić information content (AvgIpc) is 2.01. The first-order valence-corrected chi connectivity index (χ1v) is 4.57. The van der Waals surface area contributed by atoms with E-state index in [4.69, 9.17) is 11.6 Å². The third-order valence-electron chi connectivity index (χ3n) is 1.24. The van der Waals surface area contributed by atoms with Crippen LogP contribution in [0.25, 0.3) is 0 Å². The van der Waals surface area contributed by atoms with Crippen LogP contribution in [-0.2, 0) is 6.18 Å². The summed E-state index contributed by atoms with van der Waals surface area (Å²) < 4.78 is 36.8. The molecule has 8 heteroatoms. The van der Waals surface area contributed by atoms with Crippen LogP contribution in [0, 0.1) is 3.83 Å². The summed E-state index contributed by atoms with van der Waals surface area (Å²) in [5.74, 6) is 0. The van der Waals surface area contributed by atoms with Gasteiger partial charge in [-0.2, -0.15) is 13.2 Å². The van der Waals surface area contributed by atoms with Crippen LogP contribution in [0.1, 0.15) is 16.1 Å². The molecule has 0 N–H and O–H groups in total. The van der Waals surface area contributed by atoms with E-state index in [0.717, 1.165) is 6.20 Å². The largest absolute Gasteiger partial charge is 0.434 e. The molecule has 0 saturated carbocycles. The van der Waals surface area contributed by atoms with Crippen molar-refractivity contribution in [3.05, 3.63) is 21.3 Å². The SMILES string of the molecule is O=C(Cl)c1cnc(I)nc1C(F)(F)F. The first-order valence-electron chi connectivity index (χ1n) is 3.12. The number of hydrogen-bond donors (Lipinski definition) is 0. The second-order valence-electron chi connectivity index (χ2n) is 2.17. The molecular formula is C6HClF3IN2O. The van der Waals surface area contributed by atoms with Crippen molar-refractivity contribution >= 4 is 39.4 Å². The van der Waals surface area contributed by atoms with Gasteiger partial charge in [0.15, 0.2) is 9.53 Å². The van der Waals surface area contributed by atoms with E-state index in [9.17, 15) is 18.0 Å². The fourth-order valence-corrected chi connectivity index (χ4v) is 1.24. The van der Waals surface area contributed by atoms with Gasteiger partial charge in [-0.25, -0.2) is 9.97 Å². The molecule has 0 saturated heterocycles.